The fourth-order valence-electron chi connectivity index (χ4n) is 6.93. The summed E-state index contributed by atoms with van der Waals surface area (Å²) < 4.78 is 84.7. The zero-order valence-electron chi connectivity index (χ0n) is 29.1. The monoisotopic (exact) mass is 751 g/mol. The molecule has 0 spiro atoms. The number of hydrogen-bond acceptors (Lipinski definition) is 9. The van der Waals surface area contributed by atoms with Crippen molar-refractivity contribution in [3.05, 3.63) is 95.7 Å². The van der Waals surface area contributed by atoms with E-state index < -0.39 is 26.7 Å². The van der Waals surface area contributed by atoms with Crippen LogP contribution in [0.15, 0.2) is 83.9 Å². The Kier molecular flexibility index (Phi) is 10.4. The number of nitrogens with one attached hydrogen (secondary N) is 1. The maximum atomic E-state index is 13.4. The van der Waals surface area contributed by atoms with Gasteiger partial charge in [0.05, 0.1) is 22.3 Å². The number of amides is 1. The van der Waals surface area contributed by atoms with E-state index in [0.29, 0.717) is 18.1 Å². The molecule has 11 nitrogen and oxygen atoms in total. The molecular formula is C38H40F3N5O6S. The molecule has 3 aliphatic rings. The fraction of sp³-hybridized carbons (Fsp3) is 0.368. The average Bonchev–Trinajstić information content (AvgIpc) is 3.62. The Bertz CT molecular complexity index is 2050. The molecule has 3 aliphatic heterocycles. The topological polar surface area (TPSA) is 114 Å². The van der Waals surface area contributed by atoms with Crippen LogP contribution in [-0.2, 0) is 27.5 Å². The van der Waals surface area contributed by atoms with Gasteiger partial charge < -0.3 is 24.0 Å². The Morgan fingerprint density at radius 3 is 2.40 bits per heavy atom. The van der Waals surface area contributed by atoms with Gasteiger partial charge in [0.15, 0.2) is 11.5 Å². The first kappa shape index (κ1) is 36.3. The zero-order valence-corrected chi connectivity index (χ0v) is 30.0. The van der Waals surface area contributed by atoms with Crippen LogP contribution in [0.4, 0.5) is 24.5 Å². The number of piperazine rings is 1. The average molecular weight is 752 g/mol. The normalized spacial score (nSPS) is 16.8. The second kappa shape index (κ2) is 15.1. The van der Waals surface area contributed by atoms with E-state index in [0.717, 1.165) is 99.6 Å². The molecule has 4 aromatic rings. The van der Waals surface area contributed by atoms with E-state index in [1.54, 1.807) is 0 Å². The first-order valence-electron chi connectivity index (χ1n) is 17.5. The van der Waals surface area contributed by atoms with Crippen LogP contribution in [0.2, 0.25) is 0 Å². The van der Waals surface area contributed by atoms with Crippen molar-refractivity contribution in [1.29, 1.82) is 0 Å². The molecule has 1 amide bonds. The van der Waals surface area contributed by atoms with Crippen molar-refractivity contribution < 1.29 is 40.6 Å². The largest absolute Gasteiger partial charge is 0.454 e. The van der Waals surface area contributed by atoms with Crippen molar-refractivity contribution in [3.8, 4) is 23.1 Å². The number of aryl methyl sites for hydroxylation is 1. The zero-order chi connectivity index (χ0) is 37.2. The highest BCUT2D eigenvalue weighted by atomic mass is 32.2. The van der Waals surface area contributed by atoms with E-state index in [4.69, 9.17) is 14.2 Å². The van der Waals surface area contributed by atoms with Crippen LogP contribution in [-0.4, -0.2) is 75.2 Å². The van der Waals surface area contributed by atoms with E-state index >= 15 is 0 Å². The number of anilines is 2. The lowest BCUT2D eigenvalue weighted by Crippen LogP contribution is -2.48. The SMILES string of the molecule is Cc1cc(N2CCC(CC(=O)N3CCN(Cc4ccc5c(c4)OCO5)CC3)CC2)ccc1Oc1ccc(NS(=O)(=O)c2ccccc2C(F)(F)F)cn1. The first-order chi connectivity index (χ1) is 25.4. The predicted molar refractivity (Wildman–Crippen MR) is 192 cm³/mol. The maximum Gasteiger partial charge on any atom is 0.417 e. The number of benzene rings is 3. The number of carbonyl (C=O) groups is 1. The lowest BCUT2D eigenvalue weighted by molar-refractivity contribution is -0.140. The molecule has 0 atom stereocenters. The molecule has 1 N–H and O–H groups in total. The molecule has 53 heavy (non-hydrogen) atoms. The van der Waals surface area contributed by atoms with Gasteiger partial charge in [0.25, 0.3) is 10.0 Å². The third-order valence-electron chi connectivity index (χ3n) is 9.85. The number of hydrogen-bond donors (Lipinski definition) is 1. The molecule has 7 rings (SSSR count). The van der Waals surface area contributed by atoms with Gasteiger partial charge in [0.1, 0.15) is 5.75 Å². The molecular weight excluding hydrogens is 712 g/mol. The summed E-state index contributed by atoms with van der Waals surface area (Å²) in [6.07, 6.45) is -1.23. The van der Waals surface area contributed by atoms with E-state index in [-0.39, 0.29) is 24.3 Å². The number of fused-ring (bicyclic) bond motifs is 1. The number of piperidine rings is 1. The second-order valence-corrected chi connectivity index (χ2v) is 15.2. The second-order valence-electron chi connectivity index (χ2n) is 13.5. The molecule has 0 radical (unpaired) electrons. The minimum atomic E-state index is -4.83. The Morgan fingerprint density at radius 2 is 1.68 bits per heavy atom. The van der Waals surface area contributed by atoms with Gasteiger partial charge in [-0.1, -0.05) is 18.2 Å². The van der Waals surface area contributed by atoms with Crippen LogP contribution >= 0.6 is 0 Å². The third kappa shape index (κ3) is 8.62. The molecule has 0 bridgehead atoms. The Morgan fingerprint density at radius 1 is 0.925 bits per heavy atom. The van der Waals surface area contributed by atoms with Crippen molar-refractivity contribution in [2.24, 2.45) is 5.92 Å². The number of pyridine rings is 1. The van der Waals surface area contributed by atoms with Crippen LogP contribution in [0, 0.1) is 12.8 Å². The van der Waals surface area contributed by atoms with E-state index in [2.05, 4.69) is 25.6 Å². The van der Waals surface area contributed by atoms with Crippen LogP contribution in [0.3, 0.4) is 0 Å². The summed E-state index contributed by atoms with van der Waals surface area (Å²) >= 11 is 0. The van der Waals surface area contributed by atoms with Crippen LogP contribution in [0.25, 0.3) is 0 Å². The van der Waals surface area contributed by atoms with Gasteiger partial charge >= 0.3 is 6.18 Å². The van der Waals surface area contributed by atoms with Crippen molar-refractivity contribution in [1.82, 2.24) is 14.8 Å². The van der Waals surface area contributed by atoms with Gasteiger partial charge in [-0.3, -0.25) is 14.4 Å². The molecule has 4 heterocycles. The fourth-order valence-corrected chi connectivity index (χ4v) is 8.20. The van der Waals surface area contributed by atoms with Crippen molar-refractivity contribution in [2.75, 3.05) is 55.7 Å². The Hall–Kier alpha value is -5.02. The standard InChI is InChI=1S/C38H40F3N5O6S/c1-26-20-30(8-10-32(26)52-36-11-7-29(23-42-36)43-53(48,49)35-5-3-2-4-31(35)38(39,40)41)45-14-12-27(13-15-45)22-37(47)46-18-16-44(17-19-46)24-28-6-9-33-34(21-28)51-25-50-33/h2-11,20-21,23,27,43H,12-19,22,24-25H2,1H3. The van der Waals surface area contributed by atoms with Crippen molar-refractivity contribution >= 4 is 27.3 Å². The van der Waals surface area contributed by atoms with E-state index in [1.807, 2.05) is 42.2 Å². The summed E-state index contributed by atoms with van der Waals surface area (Å²) in [6.45, 7) is 7.81. The van der Waals surface area contributed by atoms with Gasteiger partial charge in [-0.2, -0.15) is 13.2 Å². The number of ether oxygens (including phenoxy) is 3. The first-order valence-corrected chi connectivity index (χ1v) is 19.0. The number of carbonyl (C=O) groups excluding carboxylic acids is 1. The summed E-state index contributed by atoms with van der Waals surface area (Å²) in [4.78, 5) is 23.2. The summed E-state index contributed by atoms with van der Waals surface area (Å²) in [5.41, 5.74) is 1.83. The molecule has 3 aromatic carbocycles. The molecule has 0 saturated carbocycles. The molecule has 2 saturated heterocycles. The summed E-state index contributed by atoms with van der Waals surface area (Å²) in [5, 5.41) is 0. The van der Waals surface area contributed by atoms with Crippen LogP contribution < -0.4 is 23.8 Å². The number of alkyl halides is 3. The number of rotatable bonds is 10. The lowest BCUT2D eigenvalue weighted by atomic mass is 9.92. The summed E-state index contributed by atoms with van der Waals surface area (Å²) in [5.74, 6) is 2.89. The molecule has 2 fully saturated rings. The van der Waals surface area contributed by atoms with E-state index in [9.17, 15) is 26.4 Å². The summed E-state index contributed by atoms with van der Waals surface area (Å²) in [6, 6.07) is 18.7. The molecule has 15 heteroatoms. The van der Waals surface area contributed by atoms with Gasteiger partial charge in [-0.05, 0) is 85.3 Å². The smallest absolute Gasteiger partial charge is 0.417 e. The quantitative estimate of drug-likeness (QED) is 0.190. The van der Waals surface area contributed by atoms with Gasteiger partial charge in [-0.15, -0.1) is 0 Å². The van der Waals surface area contributed by atoms with E-state index in [1.165, 1.54) is 30.0 Å². The van der Waals surface area contributed by atoms with Gasteiger partial charge in [0.2, 0.25) is 18.6 Å². The highest BCUT2D eigenvalue weighted by molar-refractivity contribution is 7.92. The lowest BCUT2D eigenvalue weighted by Gasteiger charge is -2.37. The highest BCUT2D eigenvalue weighted by Crippen LogP contribution is 2.36. The van der Waals surface area contributed by atoms with Crippen LogP contribution in [0.5, 0.6) is 23.1 Å². The van der Waals surface area contributed by atoms with Crippen molar-refractivity contribution in [2.45, 2.75) is 43.8 Å². The van der Waals surface area contributed by atoms with Crippen LogP contribution in [0.1, 0.15) is 36.0 Å². The molecule has 0 aliphatic carbocycles. The third-order valence-corrected chi connectivity index (χ3v) is 11.3. The molecule has 280 valence electrons. The van der Waals surface area contributed by atoms with Gasteiger partial charge in [0, 0.05) is 64.0 Å². The summed E-state index contributed by atoms with van der Waals surface area (Å²) in [7, 11) is -4.53. The molecule has 0 unspecified atom stereocenters. The van der Waals surface area contributed by atoms with Gasteiger partial charge in [-0.25, -0.2) is 13.4 Å². The Balaban J connectivity index is 0.862. The number of sulfonamides is 1. The minimum Gasteiger partial charge on any atom is -0.454 e. The Labute approximate surface area is 306 Å². The number of aromatic nitrogens is 1. The van der Waals surface area contributed by atoms with Crippen molar-refractivity contribution in [3.63, 3.8) is 0 Å². The number of nitrogens with zero attached hydrogens (tertiary/aromatic N) is 4. The highest BCUT2D eigenvalue weighted by Gasteiger charge is 2.37. The predicted octanol–water partition coefficient (Wildman–Crippen LogP) is 6.68. The maximum absolute atomic E-state index is 13.4. The number of halogens is 3. The minimum absolute atomic E-state index is 0.0112. The molecule has 1 aromatic heterocycles.